The van der Waals surface area contributed by atoms with Gasteiger partial charge in [0.05, 0.1) is 6.10 Å². The third-order valence-corrected chi connectivity index (χ3v) is 4.57. The molecule has 0 aromatic carbocycles. The average Bonchev–Trinajstić information content (AvgIpc) is 2.83. The van der Waals surface area contributed by atoms with Gasteiger partial charge >= 0.3 is 0 Å². The number of thiophene rings is 1. The fourth-order valence-corrected chi connectivity index (χ4v) is 3.10. The molecule has 0 bridgehead atoms. The molecule has 0 aliphatic heterocycles. The second-order valence-electron chi connectivity index (χ2n) is 3.64. The van der Waals surface area contributed by atoms with Gasteiger partial charge in [-0.05, 0) is 34.2 Å². The molecule has 13 heavy (non-hydrogen) atoms. The molecular formula is C9H12BrNOS. The van der Waals surface area contributed by atoms with Gasteiger partial charge in [-0.3, -0.25) is 0 Å². The number of rotatable bonds is 3. The van der Waals surface area contributed by atoms with Gasteiger partial charge in [0.15, 0.2) is 0 Å². The molecule has 0 radical (unpaired) electrons. The Morgan fingerprint density at radius 2 is 2.31 bits per heavy atom. The van der Waals surface area contributed by atoms with Gasteiger partial charge in [-0.1, -0.05) is 0 Å². The van der Waals surface area contributed by atoms with E-state index in [2.05, 4.69) is 15.9 Å². The number of aliphatic hydroxyl groups excluding tert-OH is 1. The first-order valence-corrected chi connectivity index (χ1v) is 6.03. The zero-order valence-corrected chi connectivity index (χ0v) is 9.57. The van der Waals surface area contributed by atoms with Crippen molar-refractivity contribution in [3.8, 4) is 0 Å². The fraction of sp³-hybridized carbons (Fsp3) is 0.556. The molecule has 1 aromatic heterocycles. The lowest BCUT2D eigenvalue weighted by Gasteiger charge is -2.19. The Morgan fingerprint density at radius 3 is 2.69 bits per heavy atom. The summed E-state index contributed by atoms with van der Waals surface area (Å²) in [5.41, 5.74) is 6.62. The summed E-state index contributed by atoms with van der Waals surface area (Å²) in [4.78, 5) is 0. The van der Waals surface area contributed by atoms with Crippen LogP contribution in [0.4, 0.5) is 0 Å². The minimum Gasteiger partial charge on any atom is -0.388 e. The van der Waals surface area contributed by atoms with Crippen molar-refractivity contribution in [3.05, 3.63) is 20.8 Å². The molecule has 1 aromatic rings. The van der Waals surface area contributed by atoms with Crippen molar-refractivity contribution in [2.75, 3.05) is 6.54 Å². The first kappa shape index (κ1) is 9.65. The van der Waals surface area contributed by atoms with Gasteiger partial charge in [0.1, 0.15) is 0 Å². The van der Waals surface area contributed by atoms with E-state index in [1.807, 2.05) is 10.8 Å². The summed E-state index contributed by atoms with van der Waals surface area (Å²) in [7, 11) is 0. The first-order valence-electron chi connectivity index (χ1n) is 4.29. The van der Waals surface area contributed by atoms with E-state index >= 15 is 0 Å². The van der Waals surface area contributed by atoms with Crippen molar-refractivity contribution in [2.24, 2.45) is 11.1 Å². The van der Waals surface area contributed by atoms with Crippen molar-refractivity contribution in [1.82, 2.24) is 0 Å². The SMILES string of the molecule is NCC1(C(O)c2cscc2Br)CC1. The molecule has 0 amide bonds. The Bertz CT molecular complexity index is 308. The maximum atomic E-state index is 10.1. The maximum Gasteiger partial charge on any atom is 0.0877 e. The third kappa shape index (κ3) is 1.56. The van der Waals surface area contributed by atoms with Crippen LogP contribution in [-0.2, 0) is 0 Å². The molecule has 1 aliphatic carbocycles. The van der Waals surface area contributed by atoms with Gasteiger partial charge in [0.2, 0.25) is 0 Å². The van der Waals surface area contributed by atoms with E-state index in [-0.39, 0.29) is 5.41 Å². The van der Waals surface area contributed by atoms with Crippen molar-refractivity contribution in [1.29, 1.82) is 0 Å². The topological polar surface area (TPSA) is 46.2 Å². The van der Waals surface area contributed by atoms with Crippen LogP contribution in [0.5, 0.6) is 0 Å². The molecular weight excluding hydrogens is 250 g/mol. The molecule has 0 spiro atoms. The van der Waals surface area contributed by atoms with Crippen LogP contribution in [0.2, 0.25) is 0 Å². The molecule has 3 N–H and O–H groups in total. The van der Waals surface area contributed by atoms with E-state index in [4.69, 9.17) is 5.73 Å². The minimum atomic E-state index is -0.391. The molecule has 1 unspecified atom stereocenters. The molecule has 2 rings (SSSR count). The highest BCUT2D eigenvalue weighted by Crippen LogP contribution is 2.55. The molecule has 1 atom stereocenters. The predicted octanol–water partition coefficient (Wildman–Crippen LogP) is 2.28. The number of hydrogen-bond acceptors (Lipinski definition) is 3. The standard InChI is InChI=1S/C9H12BrNOS/c10-7-4-13-3-6(7)8(12)9(5-11)1-2-9/h3-4,8,12H,1-2,5,11H2. The quantitative estimate of drug-likeness (QED) is 0.877. The molecule has 2 nitrogen and oxygen atoms in total. The summed E-state index contributed by atoms with van der Waals surface area (Å²) in [5, 5.41) is 14.1. The molecule has 0 saturated heterocycles. The maximum absolute atomic E-state index is 10.1. The number of halogens is 1. The van der Waals surface area contributed by atoms with E-state index in [9.17, 15) is 5.11 Å². The Balaban J connectivity index is 2.22. The van der Waals surface area contributed by atoms with Crippen LogP contribution >= 0.6 is 27.3 Å². The van der Waals surface area contributed by atoms with E-state index in [1.54, 1.807) is 11.3 Å². The predicted molar refractivity (Wildman–Crippen MR) is 57.7 cm³/mol. The van der Waals surface area contributed by atoms with Gasteiger partial charge in [0.25, 0.3) is 0 Å². The van der Waals surface area contributed by atoms with E-state index in [1.165, 1.54) is 0 Å². The Morgan fingerprint density at radius 1 is 1.62 bits per heavy atom. The van der Waals surface area contributed by atoms with Crippen LogP contribution in [0, 0.1) is 5.41 Å². The second-order valence-corrected chi connectivity index (χ2v) is 5.24. The Hall–Kier alpha value is 0.100. The van der Waals surface area contributed by atoms with Crippen molar-refractivity contribution in [3.63, 3.8) is 0 Å². The van der Waals surface area contributed by atoms with Crippen molar-refractivity contribution < 1.29 is 5.11 Å². The monoisotopic (exact) mass is 261 g/mol. The van der Waals surface area contributed by atoms with Crippen LogP contribution in [0.25, 0.3) is 0 Å². The lowest BCUT2D eigenvalue weighted by molar-refractivity contribution is 0.0973. The van der Waals surface area contributed by atoms with Gasteiger partial charge in [-0.15, -0.1) is 0 Å². The third-order valence-electron chi connectivity index (χ3n) is 2.82. The van der Waals surface area contributed by atoms with E-state index in [0.717, 1.165) is 22.9 Å². The minimum absolute atomic E-state index is 0.0242. The van der Waals surface area contributed by atoms with Crippen LogP contribution < -0.4 is 5.73 Å². The summed E-state index contributed by atoms with van der Waals surface area (Å²) in [5.74, 6) is 0. The van der Waals surface area contributed by atoms with Crippen LogP contribution in [-0.4, -0.2) is 11.7 Å². The Kier molecular flexibility index (Phi) is 2.49. The highest BCUT2D eigenvalue weighted by atomic mass is 79.9. The summed E-state index contributed by atoms with van der Waals surface area (Å²) >= 11 is 5.03. The lowest BCUT2D eigenvalue weighted by atomic mass is 9.95. The summed E-state index contributed by atoms with van der Waals surface area (Å²) < 4.78 is 1.00. The lowest BCUT2D eigenvalue weighted by Crippen LogP contribution is -2.23. The van der Waals surface area contributed by atoms with Crippen LogP contribution in [0.1, 0.15) is 24.5 Å². The van der Waals surface area contributed by atoms with Crippen molar-refractivity contribution >= 4 is 27.3 Å². The molecule has 1 heterocycles. The smallest absolute Gasteiger partial charge is 0.0877 e. The van der Waals surface area contributed by atoms with Crippen LogP contribution in [0.3, 0.4) is 0 Å². The molecule has 1 aliphatic rings. The fourth-order valence-electron chi connectivity index (χ4n) is 1.57. The first-order chi connectivity index (χ1) is 6.19. The zero-order valence-electron chi connectivity index (χ0n) is 7.16. The molecule has 1 fully saturated rings. The highest BCUT2D eigenvalue weighted by molar-refractivity contribution is 9.10. The second kappa shape index (κ2) is 3.35. The van der Waals surface area contributed by atoms with Gasteiger partial charge < -0.3 is 10.8 Å². The van der Waals surface area contributed by atoms with E-state index in [0.29, 0.717) is 6.54 Å². The molecule has 4 heteroatoms. The van der Waals surface area contributed by atoms with Gasteiger partial charge in [0, 0.05) is 27.4 Å². The highest BCUT2D eigenvalue weighted by Gasteiger charge is 2.48. The number of nitrogens with two attached hydrogens (primary N) is 1. The average molecular weight is 262 g/mol. The normalized spacial score (nSPS) is 21.5. The van der Waals surface area contributed by atoms with Gasteiger partial charge in [-0.25, -0.2) is 0 Å². The van der Waals surface area contributed by atoms with E-state index < -0.39 is 6.10 Å². The number of hydrogen-bond donors (Lipinski definition) is 2. The largest absolute Gasteiger partial charge is 0.388 e. The Labute approximate surface area is 89.9 Å². The van der Waals surface area contributed by atoms with Crippen molar-refractivity contribution in [2.45, 2.75) is 18.9 Å². The zero-order chi connectivity index (χ0) is 9.47. The summed E-state index contributed by atoms with van der Waals surface area (Å²) in [6.07, 6.45) is 1.71. The molecule has 72 valence electrons. The molecule has 1 saturated carbocycles. The summed E-state index contributed by atoms with van der Waals surface area (Å²) in [6.45, 7) is 0.580. The van der Waals surface area contributed by atoms with Gasteiger partial charge in [-0.2, -0.15) is 11.3 Å². The summed E-state index contributed by atoms with van der Waals surface area (Å²) in [6, 6.07) is 0. The number of aliphatic hydroxyl groups is 1. The van der Waals surface area contributed by atoms with Crippen LogP contribution in [0.15, 0.2) is 15.2 Å².